The van der Waals surface area contributed by atoms with Crippen LogP contribution in [0.3, 0.4) is 0 Å². The van der Waals surface area contributed by atoms with Crippen LogP contribution in [0.1, 0.15) is 36.9 Å². The number of amides is 1. The molecular formula is C17H17N5O6. The summed E-state index contributed by atoms with van der Waals surface area (Å²) in [4.78, 5) is 48.6. The molecule has 2 N–H and O–H groups in total. The number of aromatic hydroxyl groups is 1. The van der Waals surface area contributed by atoms with E-state index < -0.39 is 28.1 Å². The van der Waals surface area contributed by atoms with Gasteiger partial charge in [-0.25, -0.2) is 9.80 Å². The topological polar surface area (TPSA) is 151 Å². The summed E-state index contributed by atoms with van der Waals surface area (Å²) in [6.45, 7) is 1.65. The van der Waals surface area contributed by atoms with E-state index >= 15 is 0 Å². The summed E-state index contributed by atoms with van der Waals surface area (Å²) in [7, 11) is 1.29. The molecule has 1 atom stereocenters. The summed E-state index contributed by atoms with van der Waals surface area (Å²) < 4.78 is 0.866. The molecule has 1 aliphatic rings. The summed E-state index contributed by atoms with van der Waals surface area (Å²) in [6.07, 6.45) is 0.244. The van der Waals surface area contributed by atoms with Crippen molar-refractivity contribution in [2.75, 3.05) is 0 Å². The van der Waals surface area contributed by atoms with Crippen molar-refractivity contribution < 1.29 is 14.8 Å². The normalized spacial score (nSPS) is 16.1. The van der Waals surface area contributed by atoms with Gasteiger partial charge in [-0.1, -0.05) is 19.1 Å². The van der Waals surface area contributed by atoms with E-state index in [2.05, 4.69) is 10.1 Å². The van der Waals surface area contributed by atoms with E-state index in [1.165, 1.54) is 36.3 Å². The summed E-state index contributed by atoms with van der Waals surface area (Å²) in [5, 5.41) is 26.5. The van der Waals surface area contributed by atoms with Crippen molar-refractivity contribution in [2.24, 2.45) is 12.1 Å². The first-order valence-electron chi connectivity index (χ1n) is 8.41. The van der Waals surface area contributed by atoms with Gasteiger partial charge in [0, 0.05) is 32.0 Å². The van der Waals surface area contributed by atoms with E-state index in [1.807, 2.05) is 0 Å². The average Bonchev–Trinajstić information content (AvgIpc) is 3.10. The third kappa shape index (κ3) is 3.17. The SMILES string of the molecule is CCC(=O)N1N=C(c2c(O)n(C)c(=O)[nH]c2=O)CC1c1ccc([N+](=O)[O-])cc1. The average molecular weight is 387 g/mol. The third-order valence-corrected chi connectivity index (χ3v) is 4.54. The van der Waals surface area contributed by atoms with Gasteiger partial charge < -0.3 is 5.11 Å². The van der Waals surface area contributed by atoms with Crippen LogP contribution in [-0.2, 0) is 11.8 Å². The van der Waals surface area contributed by atoms with Gasteiger partial charge in [-0.05, 0) is 5.56 Å². The lowest BCUT2D eigenvalue weighted by molar-refractivity contribution is -0.384. The van der Waals surface area contributed by atoms with Crippen molar-refractivity contribution in [3.05, 3.63) is 66.3 Å². The number of hydrazone groups is 1. The highest BCUT2D eigenvalue weighted by Gasteiger charge is 2.35. The van der Waals surface area contributed by atoms with Crippen LogP contribution in [0.15, 0.2) is 39.0 Å². The number of aromatic nitrogens is 2. The predicted molar refractivity (Wildman–Crippen MR) is 98.1 cm³/mol. The Labute approximate surface area is 157 Å². The number of nitro groups is 1. The zero-order valence-corrected chi connectivity index (χ0v) is 15.1. The van der Waals surface area contributed by atoms with Crippen molar-refractivity contribution in [1.82, 2.24) is 14.6 Å². The molecule has 0 fully saturated rings. The van der Waals surface area contributed by atoms with Crippen LogP contribution in [-0.4, -0.2) is 36.2 Å². The molecule has 1 unspecified atom stereocenters. The molecule has 146 valence electrons. The maximum Gasteiger partial charge on any atom is 0.330 e. The number of rotatable bonds is 4. The smallest absolute Gasteiger partial charge is 0.330 e. The molecule has 28 heavy (non-hydrogen) atoms. The molecule has 0 saturated heterocycles. The van der Waals surface area contributed by atoms with Gasteiger partial charge in [0.2, 0.25) is 11.8 Å². The van der Waals surface area contributed by atoms with Gasteiger partial charge in [-0.2, -0.15) is 5.10 Å². The standard InChI is InChI=1S/C17H17N5O6/c1-3-13(23)21-12(9-4-6-10(7-5-9)22(27)28)8-11(19-21)14-15(24)18-17(26)20(2)16(14)25/h4-7,12,25H,3,8H2,1-2H3,(H,18,24,26). The number of hydrogen-bond donors (Lipinski definition) is 2. The molecule has 0 radical (unpaired) electrons. The Morgan fingerprint density at radius 1 is 1.36 bits per heavy atom. The molecule has 2 heterocycles. The van der Waals surface area contributed by atoms with Crippen LogP contribution in [0.2, 0.25) is 0 Å². The second kappa shape index (κ2) is 7.10. The zero-order chi connectivity index (χ0) is 20.6. The minimum absolute atomic E-state index is 0.0941. The van der Waals surface area contributed by atoms with E-state index in [0.717, 1.165) is 4.57 Å². The lowest BCUT2D eigenvalue weighted by atomic mass is 9.99. The number of H-pyrrole nitrogens is 1. The van der Waals surface area contributed by atoms with Crippen LogP contribution in [0, 0.1) is 10.1 Å². The Morgan fingerprint density at radius 3 is 2.57 bits per heavy atom. The number of aromatic amines is 1. The predicted octanol–water partition coefficient (Wildman–Crippen LogP) is 0.775. The third-order valence-electron chi connectivity index (χ3n) is 4.54. The Balaban J connectivity index is 2.06. The molecule has 3 rings (SSSR count). The van der Waals surface area contributed by atoms with Crippen molar-refractivity contribution in [1.29, 1.82) is 0 Å². The Bertz CT molecular complexity index is 1100. The van der Waals surface area contributed by atoms with Crippen LogP contribution in [0.25, 0.3) is 0 Å². The highest BCUT2D eigenvalue weighted by Crippen LogP contribution is 2.34. The summed E-state index contributed by atoms with van der Waals surface area (Å²) in [5.41, 5.74) is -1.15. The number of nitro benzene ring substituents is 1. The van der Waals surface area contributed by atoms with E-state index in [0.29, 0.717) is 5.56 Å². The van der Waals surface area contributed by atoms with Crippen molar-refractivity contribution in [2.45, 2.75) is 25.8 Å². The molecule has 0 aliphatic carbocycles. The molecule has 1 aliphatic heterocycles. The number of carbonyl (C=O) groups excluding carboxylic acids is 1. The van der Waals surface area contributed by atoms with Gasteiger partial charge in [0.25, 0.3) is 11.2 Å². The summed E-state index contributed by atoms with van der Waals surface area (Å²) >= 11 is 0. The lowest BCUT2D eigenvalue weighted by Gasteiger charge is -2.21. The van der Waals surface area contributed by atoms with Gasteiger partial charge in [0.05, 0.1) is 16.7 Å². The van der Waals surface area contributed by atoms with Crippen LogP contribution >= 0.6 is 0 Å². The van der Waals surface area contributed by atoms with E-state index in [-0.39, 0.29) is 35.7 Å². The highest BCUT2D eigenvalue weighted by atomic mass is 16.6. The highest BCUT2D eigenvalue weighted by molar-refractivity contribution is 6.04. The number of carbonyl (C=O) groups is 1. The number of hydrogen-bond acceptors (Lipinski definition) is 7. The molecule has 2 aromatic rings. The fourth-order valence-corrected chi connectivity index (χ4v) is 3.00. The Morgan fingerprint density at radius 2 is 2.00 bits per heavy atom. The van der Waals surface area contributed by atoms with Crippen LogP contribution in [0.5, 0.6) is 5.88 Å². The maximum atomic E-state index is 12.3. The maximum absolute atomic E-state index is 12.3. The molecule has 1 amide bonds. The minimum Gasteiger partial charge on any atom is -0.494 e. The molecule has 11 heteroatoms. The number of nitrogens with zero attached hydrogens (tertiary/aromatic N) is 4. The number of nitrogens with one attached hydrogen (secondary N) is 1. The number of benzene rings is 1. The van der Waals surface area contributed by atoms with E-state index in [1.54, 1.807) is 6.92 Å². The first-order chi connectivity index (χ1) is 13.2. The van der Waals surface area contributed by atoms with Crippen molar-refractivity contribution in [3.8, 4) is 5.88 Å². The molecular weight excluding hydrogens is 370 g/mol. The number of non-ortho nitro benzene ring substituents is 1. The fourth-order valence-electron chi connectivity index (χ4n) is 3.00. The van der Waals surface area contributed by atoms with Crippen LogP contribution in [0.4, 0.5) is 5.69 Å². The minimum atomic E-state index is -0.812. The fraction of sp³-hybridized carbons (Fsp3) is 0.294. The quantitative estimate of drug-likeness (QED) is 0.584. The van der Waals surface area contributed by atoms with Gasteiger partial charge in [-0.15, -0.1) is 0 Å². The molecule has 0 spiro atoms. The van der Waals surface area contributed by atoms with Gasteiger partial charge in [0.1, 0.15) is 5.56 Å². The largest absolute Gasteiger partial charge is 0.494 e. The lowest BCUT2D eigenvalue weighted by Crippen LogP contribution is -2.32. The van der Waals surface area contributed by atoms with Gasteiger partial charge in [-0.3, -0.25) is 29.3 Å². The van der Waals surface area contributed by atoms with Crippen LogP contribution < -0.4 is 11.2 Å². The summed E-state index contributed by atoms with van der Waals surface area (Å²) in [5.74, 6) is -0.875. The van der Waals surface area contributed by atoms with E-state index in [4.69, 9.17) is 0 Å². The summed E-state index contributed by atoms with van der Waals surface area (Å²) in [6, 6.07) is 5.07. The molecule has 0 bridgehead atoms. The molecule has 11 nitrogen and oxygen atoms in total. The first-order valence-corrected chi connectivity index (χ1v) is 8.41. The molecule has 0 saturated carbocycles. The Kier molecular flexibility index (Phi) is 4.82. The van der Waals surface area contributed by atoms with Gasteiger partial charge >= 0.3 is 5.69 Å². The zero-order valence-electron chi connectivity index (χ0n) is 15.1. The monoisotopic (exact) mass is 387 g/mol. The van der Waals surface area contributed by atoms with Crippen molar-refractivity contribution in [3.63, 3.8) is 0 Å². The van der Waals surface area contributed by atoms with Gasteiger partial charge in [0.15, 0.2) is 0 Å². The van der Waals surface area contributed by atoms with Crippen molar-refractivity contribution >= 4 is 17.3 Å². The van der Waals surface area contributed by atoms with E-state index in [9.17, 15) is 29.6 Å². The second-order valence-electron chi connectivity index (χ2n) is 6.22. The Hall–Kier alpha value is -3.76. The molecule has 1 aromatic carbocycles. The first kappa shape index (κ1) is 19.0. The second-order valence-corrected chi connectivity index (χ2v) is 6.22. The molecule has 1 aromatic heterocycles.